The monoisotopic (exact) mass is 403 g/mol. The zero-order valence-electron chi connectivity index (χ0n) is 17.7. The van der Waals surface area contributed by atoms with Crippen LogP contribution in [-0.2, 0) is 22.4 Å². The molecule has 1 amide bonds. The van der Waals surface area contributed by atoms with Crippen molar-refractivity contribution in [1.82, 2.24) is 4.90 Å². The van der Waals surface area contributed by atoms with Gasteiger partial charge in [-0.15, -0.1) is 0 Å². The zero-order valence-corrected chi connectivity index (χ0v) is 17.7. The minimum atomic E-state index is -0.580. The van der Waals surface area contributed by atoms with E-state index in [1.54, 1.807) is 4.90 Å². The molecule has 1 unspecified atom stereocenters. The molecule has 1 N–H and O–H groups in total. The van der Waals surface area contributed by atoms with Crippen LogP contribution in [0.5, 0.6) is 0 Å². The molecule has 1 saturated heterocycles. The number of Topliss-reactive ketones (excluding diaryl/α,β-unsaturated/α-hetero) is 1. The minimum absolute atomic E-state index is 0.0464. The standard InChI is InChI=1S/C26H29NO3/c1-3-17-9-13-19(14-10-17)23-22(24(28)20-15-11-18(4-2)12-16-20)25(29)26(30)27(23)21-7-5-6-8-21/h9-16,21,23,28H,3-8H2,1-2H3/b24-22-. The Hall–Kier alpha value is -2.88. The second-order valence-electron chi connectivity index (χ2n) is 8.29. The fourth-order valence-corrected chi connectivity index (χ4v) is 4.73. The third-order valence-electron chi connectivity index (χ3n) is 6.54. The lowest BCUT2D eigenvalue weighted by atomic mass is 9.93. The third kappa shape index (κ3) is 3.55. The lowest BCUT2D eigenvalue weighted by molar-refractivity contribution is -0.141. The van der Waals surface area contributed by atoms with E-state index >= 15 is 0 Å². The van der Waals surface area contributed by atoms with Gasteiger partial charge in [-0.1, -0.05) is 75.2 Å². The molecule has 1 aliphatic heterocycles. The second-order valence-corrected chi connectivity index (χ2v) is 8.29. The van der Waals surface area contributed by atoms with Crippen molar-refractivity contribution >= 4 is 17.4 Å². The van der Waals surface area contributed by atoms with Crippen molar-refractivity contribution in [3.8, 4) is 0 Å². The van der Waals surface area contributed by atoms with E-state index in [2.05, 4.69) is 13.8 Å². The largest absolute Gasteiger partial charge is 0.507 e. The highest BCUT2D eigenvalue weighted by Crippen LogP contribution is 2.43. The predicted octanol–water partition coefficient (Wildman–Crippen LogP) is 5.18. The maximum absolute atomic E-state index is 13.1. The van der Waals surface area contributed by atoms with Crippen LogP contribution in [0.25, 0.3) is 5.76 Å². The fraction of sp³-hybridized carbons (Fsp3) is 0.385. The molecule has 156 valence electrons. The Morgan fingerprint density at radius 1 is 0.900 bits per heavy atom. The van der Waals surface area contributed by atoms with Crippen molar-refractivity contribution in [2.24, 2.45) is 0 Å². The summed E-state index contributed by atoms with van der Waals surface area (Å²) in [5, 5.41) is 11.1. The first-order chi connectivity index (χ1) is 14.5. The first kappa shape index (κ1) is 20.4. The molecule has 1 atom stereocenters. The Morgan fingerprint density at radius 3 is 1.97 bits per heavy atom. The first-order valence-corrected chi connectivity index (χ1v) is 11.0. The predicted molar refractivity (Wildman–Crippen MR) is 118 cm³/mol. The van der Waals surface area contributed by atoms with Gasteiger partial charge in [0.15, 0.2) is 0 Å². The third-order valence-corrected chi connectivity index (χ3v) is 6.54. The van der Waals surface area contributed by atoms with E-state index < -0.39 is 17.7 Å². The SMILES string of the molecule is CCc1ccc(/C(O)=C2/C(=O)C(=O)N(C3CCCC3)C2c2ccc(CC)cc2)cc1. The van der Waals surface area contributed by atoms with Gasteiger partial charge in [-0.25, -0.2) is 0 Å². The van der Waals surface area contributed by atoms with Crippen molar-refractivity contribution in [2.75, 3.05) is 0 Å². The molecule has 30 heavy (non-hydrogen) atoms. The molecule has 2 fully saturated rings. The highest BCUT2D eigenvalue weighted by molar-refractivity contribution is 6.46. The fourth-order valence-electron chi connectivity index (χ4n) is 4.73. The number of likely N-dealkylation sites (tertiary alicyclic amines) is 1. The number of aliphatic hydroxyl groups is 1. The molecular weight excluding hydrogens is 374 g/mol. The number of rotatable bonds is 5. The molecule has 2 aromatic carbocycles. The van der Waals surface area contributed by atoms with Crippen molar-refractivity contribution < 1.29 is 14.7 Å². The van der Waals surface area contributed by atoms with Crippen LogP contribution in [0.1, 0.15) is 67.8 Å². The summed E-state index contributed by atoms with van der Waals surface area (Å²) in [4.78, 5) is 27.9. The van der Waals surface area contributed by atoms with Crippen LogP contribution in [0.4, 0.5) is 0 Å². The number of ketones is 1. The van der Waals surface area contributed by atoms with E-state index in [1.807, 2.05) is 48.5 Å². The number of aryl methyl sites for hydroxylation is 2. The topological polar surface area (TPSA) is 57.6 Å². The molecule has 0 bridgehead atoms. The average Bonchev–Trinajstić information content (AvgIpc) is 3.40. The summed E-state index contributed by atoms with van der Waals surface area (Å²) < 4.78 is 0. The molecule has 4 heteroatoms. The summed E-state index contributed by atoms with van der Waals surface area (Å²) in [5.41, 5.74) is 4.02. The molecule has 1 heterocycles. The summed E-state index contributed by atoms with van der Waals surface area (Å²) in [7, 11) is 0. The molecule has 0 spiro atoms. The summed E-state index contributed by atoms with van der Waals surface area (Å²) in [5.74, 6) is -1.15. The van der Waals surface area contributed by atoms with Gasteiger partial charge in [-0.05, 0) is 42.4 Å². The van der Waals surface area contributed by atoms with Crippen LogP contribution in [-0.4, -0.2) is 27.7 Å². The van der Waals surface area contributed by atoms with E-state index in [1.165, 1.54) is 5.56 Å². The molecule has 2 aliphatic rings. The van der Waals surface area contributed by atoms with Crippen LogP contribution in [0.15, 0.2) is 54.1 Å². The molecule has 0 aromatic heterocycles. The number of hydrogen-bond acceptors (Lipinski definition) is 3. The molecular formula is C26H29NO3. The number of aliphatic hydroxyl groups excluding tert-OH is 1. The molecule has 2 aromatic rings. The van der Waals surface area contributed by atoms with Gasteiger partial charge in [0, 0.05) is 11.6 Å². The second kappa shape index (κ2) is 8.47. The van der Waals surface area contributed by atoms with E-state index in [0.29, 0.717) is 5.56 Å². The number of carbonyl (C=O) groups is 2. The highest BCUT2D eigenvalue weighted by atomic mass is 16.3. The summed E-state index contributed by atoms with van der Waals surface area (Å²) in [6.07, 6.45) is 5.76. The van der Waals surface area contributed by atoms with E-state index in [9.17, 15) is 14.7 Å². The Morgan fingerprint density at radius 2 is 1.43 bits per heavy atom. The Balaban J connectivity index is 1.84. The van der Waals surface area contributed by atoms with Crippen molar-refractivity contribution in [2.45, 2.75) is 64.5 Å². The van der Waals surface area contributed by atoms with Crippen molar-refractivity contribution in [3.05, 3.63) is 76.4 Å². The van der Waals surface area contributed by atoms with Gasteiger partial charge < -0.3 is 10.0 Å². The summed E-state index contributed by atoms with van der Waals surface area (Å²) in [6.45, 7) is 4.17. The van der Waals surface area contributed by atoms with Crippen LogP contribution in [0, 0.1) is 0 Å². The zero-order chi connectivity index (χ0) is 21.3. The molecule has 1 aliphatic carbocycles. The van der Waals surface area contributed by atoms with Crippen molar-refractivity contribution in [3.63, 3.8) is 0 Å². The number of benzene rings is 2. The van der Waals surface area contributed by atoms with Gasteiger partial charge in [-0.3, -0.25) is 9.59 Å². The highest BCUT2D eigenvalue weighted by Gasteiger charge is 2.49. The maximum Gasteiger partial charge on any atom is 0.295 e. The van der Waals surface area contributed by atoms with E-state index in [4.69, 9.17) is 0 Å². The Labute approximate surface area is 178 Å². The van der Waals surface area contributed by atoms with Crippen LogP contribution in [0.2, 0.25) is 0 Å². The van der Waals surface area contributed by atoms with Crippen LogP contribution >= 0.6 is 0 Å². The van der Waals surface area contributed by atoms with Gasteiger partial charge in [0.05, 0.1) is 11.6 Å². The molecule has 4 rings (SSSR count). The first-order valence-electron chi connectivity index (χ1n) is 11.0. The number of carbonyl (C=O) groups excluding carboxylic acids is 2. The normalized spacial score (nSPS) is 21.5. The Bertz CT molecular complexity index is 966. The molecule has 1 saturated carbocycles. The molecule has 4 nitrogen and oxygen atoms in total. The van der Waals surface area contributed by atoms with E-state index in [0.717, 1.165) is 49.7 Å². The lowest BCUT2D eigenvalue weighted by Crippen LogP contribution is -2.37. The van der Waals surface area contributed by atoms with Gasteiger partial charge in [0.25, 0.3) is 11.7 Å². The smallest absolute Gasteiger partial charge is 0.295 e. The maximum atomic E-state index is 13.1. The van der Waals surface area contributed by atoms with E-state index in [-0.39, 0.29) is 17.4 Å². The van der Waals surface area contributed by atoms with Gasteiger partial charge in [0.2, 0.25) is 0 Å². The minimum Gasteiger partial charge on any atom is -0.507 e. The van der Waals surface area contributed by atoms with Crippen molar-refractivity contribution in [1.29, 1.82) is 0 Å². The molecule has 0 radical (unpaired) electrons. The van der Waals surface area contributed by atoms with Crippen LogP contribution < -0.4 is 0 Å². The quantitative estimate of drug-likeness (QED) is 0.425. The number of nitrogens with zero attached hydrogens (tertiary/aromatic N) is 1. The van der Waals surface area contributed by atoms with Gasteiger partial charge in [-0.2, -0.15) is 0 Å². The Kier molecular flexibility index (Phi) is 5.76. The van der Waals surface area contributed by atoms with Crippen LogP contribution in [0.3, 0.4) is 0 Å². The lowest BCUT2D eigenvalue weighted by Gasteiger charge is -2.30. The average molecular weight is 404 g/mol. The van der Waals surface area contributed by atoms with Gasteiger partial charge >= 0.3 is 0 Å². The number of hydrogen-bond donors (Lipinski definition) is 1. The number of amides is 1. The summed E-state index contributed by atoms with van der Waals surface area (Å²) >= 11 is 0. The summed E-state index contributed by atoms with van der Waals surface area (Å²) in [6, 6.07) is 15.1. The van der Waals surface area contributed by atoms with Gasteiger partial charge in [0.1, 0.15) is 5.76 Å².